The number of fused-ring (bicyclic) bond motifs is 2. The van der Waals surface area contributed by atoms with Crippen LogP contribution in [0.25, 0.3) is 0 Å². The normalized spacial score (nSPS) is 27.9. The molecule has 0 aromatic carbocycles. The van der Waals surface area contributed by atoms with Crippen molar-refractivity contribution in [3.8, 4) is 0 Å². The second-order valence-electron chi connectivity index (χ2n) is 5.85. The predicted molar refractivity (Wildman–Crippen MR) is 75.0 cm³/mol. The number of aliphatic hydroxyl groups is 1. The second kappa shape index (κ2) is 5.14. The van der Waals surface area contributed by atoms with Crippen molar-refractivity contribution in [1.82, 2.24) is 9.47 Å². The standard InChI is InChI=1S/C14H19N3O4/c1-2-15-8-11(17(20)21)7-13(15)14(19)16-9-3-4-10(16)6-12(18)5-9/h7-10,12,18H,2-6H2,1H3. The lowest BCUT2D eigenvalue weighted by Gasteiger charge is -2.37. The Bertz CT molecular complexity index is 569. The zero-order chi connectivity index (χ0) is 15.1. The largest absolute Gasteiger partial charge is 0.393 e. The van der Waals surface area contributed by atoms with Gasteiger partial charge in [-0.1, -0.05) is 0 Å². The number of rotatable bonds is 3. The third-order valence-corrected chi connectivity index (χ3v) is 4.60. The molecule has 0 saturated carbocycles. The van der Waals surface area contributed by atoms with Crippen LogP contribution in [-0.4, -0.2) is 43.6 Å². The number of aromatic nitrogens is 1. The van der Waals surface area contributed by atoms with E-state index in [0.717, 1.165) is 12.8 Å². The van der Waals surface area contributed by atoms with Crippen LogP contribution < -0.4 is 0 Å². The SMILES string of the molecule is CCn1cc([N+](=O)[O-])cc1C(=O)N1C2CCC1CC(O)C2. The number of hydrogen-bond acceptors (Lipinski definition) is 4. The van der Waals surface area contributed by atoms with Gasteiger partial charge in [0.15, 0.2) is 0 Å². The van der Waals surface area contributed by atoms with E-state index in [1.165, 1.54) is 12.3 Å². The number of hydrogen-bond donors (Lipinski definition) is 1. The lowest BCUT2D eigenvalue weighted by molar-refractivity contribution is -0.384. The first kappa shape index (κ1) is 14.1. The summed E-state index contributed by atoms with van der Waals surface area (Å²) < 4.78 is 1.63. The predicted octanol–water partition coefficient (Wildman–Crippen LogP) is 1.54. The van der Waals surface area contributed by atoms with Crippen molar-refractivity contribution in [2.24, 2.45) is 0 Å². The molecule has 21 heavy (non-hydrogen) atoms. The van der Waals surface area contributed by atoms with Gasteiger partial charge in [0, 0.05) is 24.7 Å². The van der Waals surface area contributed by atoms with Gasteiger partial charge < -0.3 is 14.6 Å². The van der Waals surface area contributed by atoms with Gasteiger partial charge in [-0.3, -0.25) is 14.9 Å². The zero-order valence-corrected chi connectivity index (χ0v) is 11.9. The molecule has 2 saturated heterocycles. The third kappa shape index (κ3) is 2.31. The van der Waals surface area contributed by atoms with Crippen LogP contribution in [0.3, 0.4) is 0 Å². The van der Waals surface area contributed by atoms with Crippen LogP contribution in [-0.2, 0) is 6.54 Å². The van der Waals surface area contributed by atoms with Crippen LogP contribution in [0.4, 0.5) is 5.69 Å². The maximum Gasteiger partial charge on any atom is 0.287 e. The quantitative estimate of drug-likeness (QED) is 0.676. The molecule has 0 spiro atoms. The molecule has 114 valence electrons. The molecule has 2 fully saturated rings. The van der Waals surface area contributed by atoms with E-state index >= 15 is 0 Å². The Morgan fingerprint density at radius 3 is 2.57 bits per heavy atom. The lowest BCUT2D eigenvalue weighted by atomic mass is 9.99. The summed E-state index contributed by atoms with van der Waals surface area (Å²) in [7, 11) is 0. The second-order valence-corrected chi connectivity index (χ2v) is 5.85. The molecular weight excluding hydrogens is 274 g/mol. The smallest absolute Gasteiger partial charge is 0.287 e. The van der Waals surface area contributed by atoms with Gasteiger partial charge in [0.1, 0.15) is 5.69 Å². The highest BCUT2D eigenvalue weighted by molar-refractivity contribution is 5.94. The van der Waals surface area contributed by atoms with Crippen molar-refractivity contribution in [3.05, 3.63) is 28.1 Å². The maximum absolute atomic E-state index is 12.8. The highest BCUT2D eigenvalue weighted by Gasteiger charge is 2.43. The number of nitrogens with zero attached hydrogens (tertiary/aromatic N) is 3. The van der Waals surface area contributed by atoms with E-state index in [-0.39, 0.29) is 29.8 Å². The Hall–Kier alpha value is -1.89. The minimum Gasteiger partial charge on any atom is -0.393 e. The Kier molecular flexibility index (Phi) is 3.44. The Labute approximate surface area is 122 Å². The summed E-state index contributed by atoms with van der Waals surface area (Å²) in [6.07, 6.45) is 4.10. The minimum absolute atomic E-state index is 0.0513. The van der Waals surface area contributed by atoms with Gasteiger partial charge in [-0.2, -0.15) is 0 Å². The summed E-state index contributed by atoms with van der Waals surface area (Å²) in [6, 6.07) is 1.48. The molecule has 7 heteroatoms. The maximum atomic E-state index is 12.8. The zero-order valence-electron chi connectivity index (χ0n) is 11.9. The van der Waals surface area contributed by atoms with E-state index < -0.39 is 4.92 Å². The number of amides is 1. The molecule has 2 atom stereocenters. The van der Waals surface area contributed by atoms with Crippen molar-refractivity contribution < 1.29 is 14.8 Å². The van der Waals surface area contributed by atoms with E-state index in [2.05, 4.69) is 0 Å². The van der Waals surface area contributed by atoms with Crippen molar-refractivity contribution in [3.63, 3.8) is 0 Å². The van der Waals surface area contributed by atoms with Crippen LogP contribution in [0.1, 0.15) is 43.1 Å². The number of nitro groups is 1. The molecule has 0 radical (unpaired) electrons. The molecule has 1 N–H and O–H groups in total. The van der Waals surface area contributed by atoms with E-state index in [4.69, 9.17) is 0 Å². The molecule has 2 bridgehead atoms. The molecule has 7 nitrogen and oxygen atoms in total. The molecule has 0 aliphatic carbocycles. The molecule has 2 unspecified atom stereocenters. The monoisotopic (exact) mass is 293 g/mol. The molecule has 2 aliphatic rings. The first-order chi connectivity index (χ1) is 10.0. The summed E-state index contributed by atoms with van der Waals surface area (Å²) in [6.45, 7) is 2.37. The highest BCUT2D eigenvalue weighted by atomic mass is 16.6. The Balaban J connectivity index is 1.90. The molecule has 1 amide bonds. The van der Waals surface area contributed by atoms with E-state index in [9.17, 15) is 20.0 Å². The van der Waals surface area contributed by atoms with Crippen LogP contribution in [0, 0.1) is 10.1 Å². The highest BCUT2D eigenvalue weighted by Crippen LogP contribution is 2.37. The summed E-state index contributed by atoms with van der Waals surface area (Å²) in [5, 5.41) is 20.7. The number of aryl methyl sites for hydroxylation is 1. The number of carbonyl (C=O) groups excluding carboxylic acids is 1. The van der Waals surface area contributed by atoms with E-state index in [0.29, 0.717) is 25.1 Å². The summed E-state index contributed by atoms with van der Waals surface area (Å²) in [4.78, 5) is 25.0. The lowest BCUT2D eigenvalue weighted by Crippen LogP contribution is -2.48. The fourth-order valence-corrected chi connectivity index (χ4v) is 3.65. The number of aliphatic hydroxyl groups excluding tert-OH is 1. The Morgan fingerprint density at radius 1 is 1.43 bits per heavy atom. The van der Waals surface area contributed by atoms with Crippen molar-refractivity contribution >= 4 is 11.6 Å². The molecule has 3 heterocycles. The van der Waals surface area contributed by atoms with Gasteiger partial charge in [-0.15, -0.1) is 0 Å². The summed E-state index contributed by atoms with van der Waals surface area (Å²) >= 11 is 0. The average Bonchev–Trinajstić information content (AvgIpc) is 2.98. The number of piperidine rings is 1. The molecular formula is C14H19N3O4. The van der Waals surface area contributed by atoms with Crippen molar-refractivity contribution in [2.45, 2.75) is 57.3 Å². The average molecular weight is 293 g/mol. The van der Waals surface area contributed by atoms with Gasteiger partial charge in [0.2, 0.25) is 0 Å². The molecule has 1 aromatic rings. The number of carbonyl (C=O) groups is 1. The van der Waals surface area contributed by atoms with Crippen LogP contribution in [0.2, 0.25) is 0 Å². The van der Waals surface area contributed by atoms with Gasteiger partial charge in [-0.05, 0) is 32.6 Å². The first-order valence-electron chi connectivity index (χ1n) is 7.36. The van der Waals surface area contributed by atoms with E-state index in [1.54, 1.807) is 4.57 Å². The molecule has 2 aliphatic heterocycles. The van der Waals surface area contributed by atoms with E-state index in [1.807, 2.05) is 11.8 Å². The minimum atomic E-state index is -0.475. The van der Waals surface area contributed by atoms with Gasteiger partial charge in [0.25, 0.3) is 11.6 Å². The van der Waals surface area contributed by atoms with Crippen molar-refractivity contribution in [1.29, 1.82) is 0 Å². The van der Waals surface area contributed by atoms with Crippen LogP contribution in [0.15, 0.2) is 12.3 Å². The first-order valence-corrected chi connectivity index (χ1v) is 7.36. The Morgan fingerprint density at radius 2 is 2.05 bits per heavy atom. The topological polar surface area (TPSA) is 88.6 Å². The van der Waals surface area contributed by atoms with Crippen molar-refractivity contribution in [2.75, 3.05) is 0 Å². The van der Waals surface area contributed by atoms with Gasteiger partial charge >= 0.3 is 0 Å². The third-order valence-electron chi connectivity index (χ3n) is 4.60. The van der Waals surface area contributed by atoms with Gasteiger partial charge in [0.05, 0.1) is 17.2 Å². The molecule has 3 rings (SSSR count). The van der Waals surface area contributed by atoms with Crippen LogP contribution in [0.5, 0.6) is 0 Å². The summed E-state index contributed by atoms with van der Waals surface area (Å²) in [5.74, 6) is -0.149. The van der Waals surface area contributed by atoms with Gasteiger partial charge in [-0.25, -0.2) is 0 Å². The summed E-state index contributed by atoms with van der Waals surface area (Å²) in [5.41, 5.74) is 0.321. The fourth-order valence-electron chi connectivity index (χ4n) is 3.65. The fraction of sp³-hybridized carbons (Fsp3) is 0.643. The molecule has 1 aromatic heterocycles. The van der Waals surface area contributed by atoms with Crippen LogP contribution >= 0.6 is 0 Å².